The second-order valence-electron chi connectivity index (χ2n) is 4.03. The Hall–Kier alpha value is -2.17. The molecule has 0 saturated carbocycles. The molecule has 0 bridgehead atoms. The fourth-order valence-electron chi connectivity index (χ4n) is 1.71. The molecule has 0 aliphatic heterocycles. The van der Waals surface area contributed by atoms with E-state index in [1.165, 1.54) is 14.2 Å². The number of aromatic nitrogens is 2. The van der Waals surface area contributed by atoms with Gasteiger partial charge in [0.1, 0.15) is 5.82 Å². The molecule has 0 spiro atoms. The van der Waals surface area contributed by atoms with Crippen LogP contribution < -0.4 is 9.47 Å². The lowest BCUT2D eigenvalue weighted by Gasteiger charge is -2.10. The van der Waals surface area contributed by atoms with Crippen molar-refractivity contribution in [1.82, 2.24) is 9.97 Å². The number of hydrogen-bond donors (Lipinski definition) is 2. The van der Waals surface area contributed by atoms with E-state index in [0.717, 1.165) is 22.8 Å². The highest BCUT2D eigenvalue weighted by atomic mass is 16.5. The second kappa shape index (κ2) is 4.60. The Kier molecular flexibility index (Phi) is 3.14. The molecule has 5 nitrogen and oxygen atoms in total. The van der Waals surface area contributed by atoms with Crippen LogP contribution in [0.2, 0.25) is 0 Å². The SMILES string of the molecule is COc1cc(-c2nc(C)c(C)[nH]2)cc(OC)c1O. The molecule has 96 valence electrons. The third-order valence-corrected chi connectivity index (χ3v) is 2.88. The number of H-pyrrole nitrogens is 1. The highest BCUT2D eigenvalue weighted by Gasteiger charge is 2.14. The Morgan fingerprint density at radius 1 is 1.11 bits per heavy atom. The van der Waals surface area contributed by atoms with E-state index < -0.39 is 0 Å². The van der Waals surface area contributed by atoms with E-state index in [1.807, 2.05) is 13.8 Å². The number of aryl methyl sites for hydroxylation is 2. The van der Waals surface area contributed by atoms with E-state index in [2.05, 4.69) is 9.97 Å². The van der Waals surface area contributed by atoms with Crippen LogP contribution in [0.4, 0.5) is 0 Å². The predicted molar refractivity (Wildman–Crippen MR) is 68.3 cm³/mol. The third-order valence-electron chi connectivity index (χ3n) is 2.88. The minimum atomic E-state index is -0.0104. The zero-order valence-electron chi connectivity index (χ0n) is 10.9. The molecular weight excluding hydrogens is 232 g/mol. The first kappa shape index (κ1) is 12.3. The lowest BCUT2D eigenvalue weighted by atomic mass is 10.1. The molecule has 18 heavy (non-hydrogen) atoms. The summed E-state index contributed by atoms with van der Waals surface area (Å²) in [6.45, 7) is 3.89. The van der Waals surface area contributed by atoms with E-state index in [-0.39, 0.29) is 5.75 Å². The van der Waals surface area contributed by atoms with Gasteiger partial charge in [0.2, 0.25) is 5.75 Å². The van der Waals surface area contributed by atoms with Crippen LogP contribution in [0, 0.1) is 13.8 Å². The number of nitrogens with one attached hydrogen (secondary N) is 1. The Labute approximate surface area is 105 Å². The summed E-state index contributed by atoms with van der Waals surface area (Å²) in [5, 5.41) is 9.84. The number of rotatable bonds is 3. The summed E-state index contributed by atoms with van der Waals surface area (Å²) in [6, 6.07) is 3.44. The Morgan fingerprint density at radius 2 is 1.67 bits per heavy atom. The topological polar surface area (TPSA) is 67.4 Å². The normalized spacial score (nSPS) is 10.4. The standard InChI is InChI=1S/C13H16N2O3/c1-7-8(2)15-13(14-7)9-5-10(17-3)12(16)11(6-9)18-4/h5-6,16H,1-4H3,(H,14,15). The molecule has 2 rings (SSSR count). The first-order valence-corrected chi connectivity index (χ1v) is 5.55. The number of ether oxygens (including phenoxy) is 2. The van der Waals surface area contributed by atoms with Crippen molar-refractivity contribution in [3.05, 3.63) is 23.5 Å². The van der Waals surface area contributed by atoms with Gasteiger partial charge in [-0.1, -0.05) is 0 Å². The molecule has 0 fully saturated rings. The minimum absolute atomic E-state index is 0.0104. The maximum atomic E-state index is 9.84. The number of benzene rings is 1. The van der Waals surface area contributed by atoms with Crippen LogP contribution in [0.25, 0.3) is 11.4 Å². The number of imidazole rings is 1. The number of phenols is 1. The average molecular weight is 248 g/mol. The first-order chi connectivity index (χ1) is 8.56. The predicted octanol–water partition coefficient (Wildman–Crippen LogP) is 2.42. The molecule has 0 amide bonds. The molecular formula is C13H16N2O3. The van der Waals surface area contributed by atoms with Crippen molar-refractivity contribution in [1.29, 1.82) is 0 Å². The molecule has 0 atom stereocenters. The molecule has 1 aromatic heterocycles. The maximum Gasteiger partial charge on any atom is 0.200 e. The third kappa shape index (κ3) is 1.99. The van der Waals surface area contributed by atoms with Gasteiger partial charge in [0, 0.05) is 11.3 Å². The van der Waals surface area contributed by atoms with Crippen molar-refractivity contribution in [3.8, 4) is 28.6 Å². The second-order valence-corrected chi connectivity index (χ2v) is 4.03. The molecule has 0 saturated heterocycles. The Bertz CT molecular complexity index is 531. The van der Waals surface area contributed by atoms with Crippen molar-refractivity contribution in [2.75, 3.05) is 14.2 Å². The fourth-order valence-corrected chi connectivity index (χ4v) is 1.71. The quantitative estimate of drug-likeness (QED) is 0.875. The number of phenolic OH excluding ortho intramolecular Hbond substituents is 1. The van der Waals surface area contributed by atoms with Crippen molar-refractivity contribution >= 4 is 0 Å². The maximum absolute atomic E-state index is 9.84. The molecule has 2 aromatic rings. The number of aromatic amines is 1. The van der Waals surface area contributed by atoms with Crippen molar-refractivity contribution < 1.29 is 14.6 Å². The van der Waals surface area contributed by atoms with E-state index in [0.29, 0.717) is 11.5 Å². The van der Waals surface area contributed by atoms with Gasteiger partial charge in [0.15, 0.2) is 11.5 Å². The van der Waals surface area contributed by atoms with Crippen molar-refractivity contribution in [3.63, 3.8) is 0 Å². The van der Waals surface area contributed by atoms with Gasteiger partial charge in [-0.2, -0.15) is 0 Å². The first-order valence-electron chi connectivity index (χ1n) is 5.55. The summed E-state index contributed by atoms with van der Waals surface area (Å²) in [5.74, 6) is 1.43. The summed E-state index contributed by atoms with van der Waals surface area (Å²) >= 11 is 0. The molecule has 0 unspecified atom stereocenters. The van der Waals surface area contributed by atoms with Gasteiger partial charge in [-0.3, -0.25) is 0 Å². The molecule has 2 N–H and O–H groups in total. The monoisotopic (exact) mass is 248 g/mol. The summed E-state index contributed by atoms with van der Waals surface area (Å²) < 4.78 is 10.2. The molecule has 1 aromatic carbocycles. The van der Waals surface area contributed by atoms with E-state index >= 15 is 0 Å². The van der Waals surface area contributed by atoms with Gasteiger partial charge in [0.05, 0.1) is 19.9 Å². The van der Waals surface area contributed by atoms with Crippen LogP contribution in [0.5, 0.6) is 17.2 Å². The largest absolute Gasteiger partial charge is 0.502 e. The molecule has 0 aliphatic rings. The number of hydrogen-bond acceptors (Lipinski definition) is 4. The molecule has 0 radical (unpaired) electrons. The van der Waals surface area contributed by atoms with Crippen LogP contribution in [0.3, 0.4) is 0 Å². The van der Waals surface area contributed by atoms with Crippen LogP contribution >= 0.6 is 0 Å². The molecule has 0 aliphatic carbocycles. The van der Waals surface area contributed by atoms with Crippen molar-refractivity contribution in [2.45, 2.75) is 13.8 Å². The lowest BCUT2D eigenvalue weighted by molar-refractivity contribution is 0.340. The Morgan fingerprint density at radius 3 is 2.06 bits per heavy atom. The number of methoxy groups -OCH3 is 2. The zero-order valence-corrected chi connectivity index (χ0v) is 10.9. The van der Waals surface area contributed by atoms with Gasteiger partial charge in [0.25, 0.3) is 0 Å². The minimum Gasteiger partial charge on any atom is -0.502 e. The summed E-state index contributed by atoms with van der Waals surface area (Å²) in [4.78, 5) is 7.59. The highest BCUT2D eigenvalue weighted by Crippen LogP contribution is 2.39. The zero-order chi connectivity index (χ0) is 13.3. The van der Waals surface area contributed by atoms with Gasteiger partial charge in [-0.25, -0.2) is 4.98 Å². The van der Waals surface area contributed by atoms with Crippen molar-refractivity contribution in [2.24, 2.45) is 0 Å². The van der Waals surface area contributed by atoms with E-state index in [1.54, 1.807) is 12.1 Å². The number of nitrogens with zero attached hydrogens (tertiary/aromatic N) is 1. The van der Waals surface area contributed by atoms with E-state index in [4.69, 9.17) is 9.47 Å². The van der Waals surface area contributed by atoms with Crippen LogP contribution in [-0.2, 0) is 0 Å². The van der Waals surface area contributed by atoms with Crippen LogP contribution in [0.1, 0.15) is 11.4 Å². The molecule has 1 heterocycles. The summed E-state index contributed by atoms with van der Waals surface area (Å²) in [7, 11) is 2.99. The highest BCUT2D eigenvalue weighted by molar-refractivity contribution is 5.66. The van der Waals surface area contributed by atoms with Gasteiger partial charge in [-0.05, 0) is 26.0 Å². The lowest BCUT2D eigenvalue weighted by Crippen LogP contribution is -1.91. The van der Waals surface area contributed by atoms with Gasteiger partial charge >= 0.3 is 0 Å². The summed E-state index contributed by atoms with van der Waals surface area (Å²) in [6.07, 6.45) is 0. The fraction of sp³-hybridized carbons (Fsp3) is 0.308. The Balaban J connectivity index is 2.57. The number of aromatic hydroxyl groups is 1. The van der Waals surface area contributed by atoms with E-state index in [9.17, 15) is 5.11 Å². The van der Waals surface area contributed by atoms with Crippen LogP contribution in [-0.4, -0.2) is 29.3 Å². The molecule has 5 heteroatoms. The smallest absolute Gasteiger partial charge is 0.200 e. The van der Waals surface area contributed by atoms with Gasteiger partial charge in [-0.15, -0.1) is 0 Å². The summed E-state index contributed by atoms with van der Waals surface area (Å²) in [5.41, 5.74) is 2.75. The van der Waals surface area contributed by atoms with Gasteiger partial charge < -0.3 is 19.6 Å². The van der Waals surface area contributed by atoms with Crippen LogP contribution in [0.15, 0.2) is 12.1 Å². The average Bonchev–Trinajstić information content (AvgIpc) is 2.70.